The number of ether oxygens (including phenoxy) is 2. The lowest BCUT2D eigenvalue weighted by Gasteiger charge is -2.10. The zero-order valence-electron chi connectivity index (χ0n) is 17.7. The lowest BCUT2D eigenvalue weighted by molar-refractivity contribution is -0.119. The van der Waals surface area contributed by atoms with Crippen LogP contribution in [0.25, 0.3) is 0 Å². The third-order valence-electron chi connectivity index (χ3n) is 4.26. The van der Waals surface area contributed by atoms with Gasteiger partial charge in [0.2, 0.25) is 5.91 Å². The fraction of sp³-hybridized carbons (Fsp3) is 0.125. The van der Waals surface area contributed by atoms with Crippen molar-refractivity contribution in [2.45, 2.75) is 4.90 Å². The molecule has 0 radical (unpaired) electrons. The molecule has 33 heavy (non-hydrogen) atoms. The van der Waals surface area contributed by atoms with E-state index >= 15 is 0 Å². The molecule has 0 spiro atoms. The van der Waals surface area contributed by atoms with Gasteiger partial charge in [-0.15, -0.1) is 11.8 Å². The number of hydrogen-bond acceptors (Lipinski definition) is 6. The standard InChI is InChI=1S/C24H21FN2O5S/c1-31-19-9-5-8-18(13-19)27-23(29)15-33-21-11-3-2-10-20(21)24(30)32-14-22(28)26-17-7-4-6-16(25)12-17/h2-13H,14-15H2,1H3,(H,26,28)(H,27,29). The number of benzene rings is 3. The molecule has 0 heterocycles. The molecule has 0 bridgehead atoms. The van der Waals surface area contributed by atoms with Crippen LogP contribution in [0.15, 0.2) is 77.7 Å². The summed E-state index contributed by atoms with van der Waals surface area (Å²) in [4.78, 5) is 37.3. The predicted octanol–water partition coefficient (Wildman–Crippen LogP) is 4.36. The molecule has 0 aliphatic carbocycles. The summed E-state index contributed by atoms with van der Waals surface area (Å²) in [5, 5.41) is 5.22. The number of amides is 2. The number of nitrogens with one attached hydrogen (secondary N) is 2. The topological polar surface area (TPSA) is 93.7 Å². The van der Waals surface area contributed by atoms with Crippen molar-refractivity contribution in [2.75, 3.05) is 30.1 Å². The zero-order chi connectivity index (χ0) is 23.6. The van der Waals surface area contributed by atoms with Crippen LogP contribution in [0, 0.1) is 5.82 Å². The van der Waals surface area contributed by atoms with Crippen LogP contribution < -0.4 is 15.4 Å². The molecule has 2 amide bonds. The monoisotopic (exact) mass is 468 g/mol. The number of thioether (sulfide) groups is 1. The number of rotatable bonds is 9. The predicted molar refractivity (Wildman–Crippen MR) is 124 cm³/mol. The lowest BCUT2D eigenvalue weighted by Crippen LogP contribution is -2.21. The maximum atomic E-state index is 13.2. The number of esters is 1. The molecular formula is C24H21FN2O5S. The third kappa shape index (κ3) is 7.36. The van der Waals surface area contributed by atoms with Crippen LogP contribution in [-0.2, 0) is 14.3 Å². The Labute approximate surface area is 194 Å². The second kappa shape index (κ2) is 11.7. The number of anilines is 2. The second-order valence-electron chi connectivity index (χ2n) is 6.70. The highest BCUT2D eigenvalue weighted by molar-refractivity contribution is 8.00. The highest BCUT2D eigenvalue weighted by Gasteiger charge is 2.16. The minimum atomic E-state index is -0.708. The smallest absolute Gasteiger partial charge is 0.339 e. The van der Waals surface area contributed by atoms with Crippen LogP contribution in [0.5, 0.6) is 5.75 Å². The Kier molecular flexibility index (Phi) is 8.43. The van der Waals surface area contributed by atoms with Gasteiger partial charge in [0.05, 0.1) is 18.4 Å². The molecule has 3 aromatic rings. The summed E-state index contributed by atoms with van der Waals surface area (Å²) in [5.41, 5.74) is 1.08. The van der Waals surface area contributed by atoms with Crippen molar-refractivity contribution >= 4 is 40.9 Å². The van der Waals surface area contributed by atoms with Crippen LogP contribution >= 0.6 is 11.8 Å². The van der Waals surface area contributed by atoms with Gasteiger partial charge in [-0.25, -0.2) is 9.18 Å². The van der Waals surface area contributed by atoms with Gasteiger partial charge >= 0.3 is 5.97 Å². The van der Waals surface area contributed by atoms with Crippen LogP contribution in [0.4, 0.5) is 15.8 Å². The van der Waals surface area contributed by atoms with Crippen molar-refractivity contribution in [1.29, 1.82) is 0 Å². The molecule has 0 saturated carbocycles. The zero-order valence-corrected chi connectivity index (χ0v) is 18.5. The minimum Gasteiger partial charge on any atom is -0.497 e. The fourth-order valence-corrected chi connectivity index (χ4v) is 3.61. The molecule has 9 heteroatoms. The minimum absolute atomic E-state index is 0.0571. The highest BCUT2D eigenvalue weighted by atomic mass is 32.2. The fourth-order valence-electron chi connectivity index (χ4n) is 2.77. The molecule has 0 aliphatic heterocycles. The Morgan fingerprint density at radius 3 is 2.33 bits per heavy atom. The van der Waals surface area contributed by atoms with Gasteiger partial charge in [-0.2, -0.15) is 0 Å². The lowest BCUT2D eigenvalue weighted by atomic mass is 10.2. The van der Waals surface area contributed by atoms with Gasteiger partial charge in [-0.3, -0.25) is 9.59 Å². The van der Waals surface area contributed by atoms with Crippen LogP contribution in [-0.4, -0.2) is 37.3 Å². The van der Waals surface area contributed by atoms with E-state index in [4.69, 9.17) is 9.47 Å². The van der Waals surface area contributed by atoms with E-state index in [9.17, 15) is 18.8 Å². The average molecular weight is 469 g/mol. The highest BCUT2D eigenvalue weighted by Crippen LogP contribution is 2.24. The van der Waals surface area contributed by atoms with E-state index in [-0.39, 0.29) is 22.9 Å². The van der Waals surface area contributed by atoms with Gasteiger partial charge in [0.15, 0.2) is 6.61 Å². The first-order chi connectivity index (χ1) is 15.9. The molecule has 0 aliphatic rings. The normalized spacial score (nSPS) is 10.2. The van der Waals surface area contributed by atoms with Gasteiger partial charge < -0.3 is 20.1 Å². The average Bonchev–Trinajstić information content (AvgIpc) is 2.81. The molecule has 170 valence electrons. The van der Waals surface area contributed by atoms with Crippen molar-refractivity contribution in [1.82, 2.24) is 0 Å². The van der Waals surface area contributed by atoms with E-state index in [0.717, 1.165) is 17.8 Å². The summed E-state index contributed by atoms with van der Waals surface area (Å²) in [5.74, 6) is -1.38. The summed E-state index contributed by atoms with van der Waals surface area (Å²) in [6.45, 7) is -0.537. The SMILES string of the molecule is COc1cccc(NC(=O)CSc2ccccc2C(=O)OCC(=O)Nc2cccc(F)c2)c1. The number of carbonyl (C=O) groups excluding carboxylic acids is 3. The van der Waals surface area contributed by atoms with E-state index in [2.05, 4.69) is 10.6 Å². The molecular weight excluding hydrogens is 447 g/mol. The number of hydrogen-bond donors (Lipinski definition) is 2. The van der Waals surface area contributed by atoms with Gasteiger partial charge in [-0.05, 0) is 42.5 Å². The largest absolute Gasteiger partial charge is 0.497 e. The van der Waals surface area contributed by atoms with Crippen LogP contribution in [0.3, 0.4) is 0 Å². The Morgan fingerprint density at radius 2 is 1.58 bits per heavy atom. The van der Waals surface area contributed by atoms with E-state index in [1.807, 2.05) is 0 Å². The molecule has 3 rings (SSSR count). The first-order valence-corrected chi connectivity index (χ1v) is 10.8. The summed E-state index contributed by atoms with van der Waals surface area (Å²) in [6, 6.07) is 19.0. The Balaban J connectivity index is 1.53. The van der Waals surface area contributed by atoms with E-state index in [0.29, 0.717) is 16.3 Å². The maximum absolute atomic E-state index is 13.2. The number of methoxy groups -OCH3 is 1. The molecule has 3 aromatic carbocycles. The molecule has 0 fully saturated rings. The van der Waals surface area contributed by atoms with Gasteiger partial charge in [0, 0.05) is 22.3 Å². The maximum Gasteiger partial charge on any atom is 0.339 e. The van der Waals surface area contributed by atoms with Crippen molar-refractivity contribution in [2.24, 2.45) is 0 Å². The Bertz CT molecular complexity index is 1150. The molecule has 0 atom stereocenters. The van der Waals surface area contributed by atoms with E-state index in [1.165, 1.54) is 25.3 Å². The summed E-state index contributed by atoms with van der Waals surface area (Å²) >= 11 is 1.16. The van der Waals surface area contributed by atoms with Crippen LogP contribution in [0.1, 0.15) is 10.4 Å². The molecule has 0 unspecified atom stereocenters. The quantitative estimate of drug-likeness (QED) is 0.358. The Hall–Kier alpha value is -3.85. The number of carbonyl (C=O) groups is 3. The summed E-state index contributed by atoms with van der Waals surface area (Å²) < 4.78 is 23.4. The molecule has 0 aromatic heterocycles. The van der Waals surface area contributed by atoms with Gasteiger partial charge in [0.1, 0.15) is 11.6 Å². The third-order valence-corrected chi connectivity index (χ3v) is 5.34. The summed E-state index contributed by atoms with van der Waals surface area (Å²) in [6.07, 6.45) is 0. The molecule has 2 N–H and O–H groups in total. The summed E-state index contributed by atoms with van der Waals surface area (Å²) in [7, 11) is 1.54. The van der Waals surface area contributed by atoms with Gasteiger partial charge in [0.25, 0.3) is 5.91 Å². The van der Waals surface area contributed by atoms with Crippen LogP contribution in [0.2, 0.25) is 0 Å². The second-order valence-corrected chi connectivity index (χ2v) is 7.72. The first kappa shape index (κ1) is 23.8. The van der Waals surface area contributed by atoms with E-state index < -0.39 is 24.3 Å². The first-order valence-electron chi connectivity index (χ1n) is 9.83. The Morgan fingerprint density at radius 1 is 0.879 bits per heavy atom. The molecule has 0 saturated heterocycles. The van der Waals surface area contributed by atoms with Crippen molar-refractivity contribution in [3.63, 3.8) is 0 Å². The number of halogens is 1. The van der Waals surface area contributed by atoms with Gasteiger partial charge in [-0.1, -0.05) is 24.3 Å². The van der Waals surface area contributed by atoms with Crippen molar-refractivity contribution in [3.8, 4) is 5.75 Å². The molecule has 7 nitrogen and oxygen atoms in total. The van der Waals surface area contributed by atoms with Crippen molar-refractivity contribution < 1.29 is 28.2 Å². The van der Waals surface area contributed by atoms with Crippen molar-refractivity contribution in [3.05, 3.63) is 84.2 Å². The van der Waals surface area contributed by atoms with E-state index in [1.54, 1.807) is 48.5 Å².